The topological polar surface area (TPSA) is 60.1 Å². The molecule has 0 aliphatic carbocycles. The highest BCUT2D eigenvalue weighted by Crippen LogP contribution is 2.36. The Kier molecular flexibility index (Phi) is 4.43. The Morgan fingerprint density at radius 3 is 2.79 bits per heavy atom. The molecule has 29 heavy (non-hydrogen) atoms. The smallest absolute Gasteiger partial charge is 0.254 e. The predicted molar refractivity (Wildman–Crippen MR) is 112 cm³/mol. The first-order chi connectivity index (χ1) is 14.1. The normalized spacial score (nSPS) is 21.0. The van der Waals surface area contributed by atoms with Gasteiger partial charge in [-0.3, -0.25) is 19.5 Å². The van der Waals surface area contributed by atoms with Crippen LogP contribution < -0.4 is 11.1 Å². The van der Waals surface area contributed by atoms with Gasteiger partial charge in [-0.2, -0.15) is 0 Å². The van der Waals surface area contributed by atoms with E-state index in [-0.39, 0.29) is 11.1 Å². The van der Waals surface area contributed by atoms with Crippen LogP contribution in [0.3, 0.4) is 0 Å². The Morgan fingerprint density at radius 2 is 1.97 bits per heavy atom. The number of fused-ring (bicyclic) bond motifs is 4. The molecule has 148 valence electrons. The molecule has 0 radical (unpaired) electrons. The van der Waals surface area contributed by atoms with Crippen molar-refractivity contribution < 1.29 is 0 Å². The van der Waals surface area contributed by atoms with Gasteiger partial charge in [0, 0.05) is 80.6 Å². The lowest BCUT2D eigenvalue weighted by atomic mass is 9.82. The molecule has 5 heterocycles. The van der Waals surface area contributed by atoms with E-state index < -0.39 is 0 Å². The largest absolute Gasteiger partial charge is 0.318 e. The van der Waals surface area contributed by atoms with Crippen molar-refractivity contribution in [3.8, 4) is 11.1 Å². The fourth-order valence-corrected chi connectivity index (χ4v) is 4.90. The first-order valence-corrected chi connectivity index (χ1v) is 10.1. The Balaban J connectivity index is 1.46. The summed E-state index contributed by atoms with van der Waals surface area (Å²) in [6.45, 7) is 3.20. The number of hydrogen-bond acceptors (Lipinski definition) is 4. The lowest BCUT2D eigenvalue weighted by molar-refractivity contribution is 0.114. The van der Waals surface area contributed by atoms with E-state index >= 15 is 0 Å². The van der Waals surface area contributed by atoms with E-state index in [1.807, 2.05) is 28.8 Å². The van der Waals surface area contributed by atoms with Crippen molar-refractivity contribution in [3.63, 3.8) is 0 Å². The van der Waals surface area contributed by atoms with Crippen LogP contribution in [0.1, 0.15) is 23.6 Å². The van der Waals surface area contributed by atoms with E-state index in [0.717, 1.165) is 48.4 Å². The SMILES string of the molecule is Cn1cccc(CN2C[C@@H]3C[C@H](C2)c2cc(-c4cccnc4)cc(=O)n2C3)c1=O. The Bertz CT molecular complexity index is 1170. The van der Waals surface area contributed by atoms with E-state index in [9.17, 15) is 9.59 Å². The average Bonchev–Trinajstić information content (AvgIpc) is 2.73. The summed E-state index contributed by atoms with van der Waals surface area (Å²) >= 11 is 0. The zero-order chi connectivity index (χ0) is 20.0. The summed E-state index contributed by atoms with van der Waals surface area (Å²) in [5.41, 5.74) is 3.98. The second-order valence-corrected chi connectivity index (χ2v) is 8.30. The van der Waals surface area contributed by atoms with Crippen molar-refractivity contribution in [3.05, 3.63) is 87.0 Å². The van der Waals surface area contributed by atoms with Crippen LogP contribution in [0.4, 0.5) is 0 Å². The molecule has 0 spiro atoms. The van der Waals surface area contributed by atoms with Gasteiger partial charge in [0.05, 0.1) is 0 Å². The standard InChI is InChI=1S/C23H24N4O2/c1-25-7-3-5-18(23(25)29)14-26-12-16-8-20(15-26)21-9-19(10-22(28)27(21)13-16)17-4-2-6-24-11-17/h2-7,9-11,16,20H,8,12-15H2,1H3/t16-,20+/m0/s1. The molecule has 1 fully saturated rings. The van der Waals surface area contributed by atoms with Gasteiger partial charge in [-0.05, 0) is 36.1 Å². The van der Waals surface area contributed by atoms with Gasteiger partial charge in [0.15, 0.2) is 0 Å². The second-order valence-electron chi connectivity index (χ2n) is 8.30. The third-order valence-electron chi connectivity index (χ3n) is 6.22. The van der Waals surface area contributed by atoms with Crippen molar-refractivity contribution in [2.45, 2.75) is 25.4 Å². The summed E-state index contributed by atoms with van der Waals surface area (Å²) in [7, 11) is 1.79. The average molecular weight is 388 g/mol. The minimum Gasteiger partial charge on any atom is -0.318 e. The zero-order valence-corrected chi connectivity index (χ0v) is 16.5. The molecule has 0 amide bonds. The number of aryl methyl sites for hydroxylation is 1. The van der Waals surface area contributed by atoms with E-state index in [2.05, 4.69) is 16.0 Å². The number of pyridine rings is 3. The molecule has 3 aromatic heterocycles. The van der Waals surface area contributed by atoms with Crippen LogP contribution in [-0.2, 0) is 20.1 Å². The molecule has 5 rings (SSSR count). The van der Waals surface area contributed by atoms with Crippen LogP contribution in [0.25, 0.3) is 11.1 Å². The Labute approximate surface area is 169 Å². The molecule has 6 nitrogen and oxygen atoms in total. The number of aromatic nitrogens is 3. The predicted octanol–water partition coefficient (Wildman–Crippen LogP) is 2.23. The molecule has 2 aliphatic rings. The number of likely N-dealkylation sites (tertiary alicyclic amines) is 1. The van der Waals surface area contributed by atoms with E-state index in [1.165, 1.54) is 0 Å². The van der Waals surface area contributed by atoms with Gasteiger partial charge in [-0.15, -0.1) is 0 Å². The Hall–Kier alpha value is -2.99. The van der Waals surface area contributed by atoms with Gasteiger partial charge in [-0.25, -0.2) is 0 Å². The summed E-state index contributed by atoms with van der Waals surface area (Å²) in [6, 6.07) is 11.6. The van der Waals surface area contributed by atoms with Crippen LogP contribution in [-0.4, -0.2) is 32.1 Å². The summed E-state index contributed by atoms with van der Waals surface area (Å²) < 4.78 is 3.59. The van der Waals surface area contributed by atoms with Gasteiger partial charge < -0.3 is 9.13 Å². The van der Waals surface area contributed by atoms with Crippen LogP contribution in [0, 0.1) is 5.92 Å². The molecule has 0 unspecified atom stereocenters. The summed E-state index contributed by atoms with van der Waals surface area (Å²) in [6.07, 6.45) is 6.43. The molecular weight excluding hydrogens is 364 g/mol. The number of piperidine rings is 1. The fourth-order valence-electron chi connectivity index (χ4n) is 4.90. The fraction of sp³-hybridized carbons (Fsp3) is 0.348. The monoisotopic (exact) mass is 388 g/mol. The highest BCUT2D eigenvalue weighted by atomic mass is 16.1. The molecule has 6 heteroatoms. The van der Waals surface area contributed by atoms with Gasteiger partial charge in [0.1, 0.15) is 0 Å². The van der Waals surface area contributed by atoms with Crippen LogP contribution in [0.15, 0.2) is 64.6 Å². The molecule has 2 bridgehead atoms. The van der Waals surface area contributed by atoms with Crippen molar-refractivity contribution >= 4 is 0 Å². The molecule has 0 aromatic carbocycles. The Morgan fingerprint density at radius 1 is 1.07 bits per heavy atom. The summed E-state index contributed by atoms with van der Waals surface area (Å²) in [4.78, 5) is 31.8. The van der Waals surface area contributed by atoms with Gasteiger partial charge in [0.2, 0.25) is 0 Å². The molecule has 1 saturated heterocycles. The lowest BCUT2D eigenvalue weighted by Crippen LogP contribution is -2.47. The third-order valence-corrected chi connectivity index (χ3v) is 6.22. The highest BCUT2D eigenvalue weighted by molar-refractivity contribution is 5.62. The number of nitrogens with zero attached hydrogens (tertiary/aromatic N) is 4. The van der Waals surface area contributed by atoms with Crippen LogP contribution in [0.5, 0.6) is 0 Å². The maximum absolute atomic E-state index is 12.8. The second kappa shape index (κ2) is 7.12. The van der Waals surface area contributed by atoms with Crippen LogP contribution in [0.2, 0.25) is 0 Å². The van der Waals surface area contributed by atoms with Crippen molar-refractivity contribution in [2.75, 3.05) is 13.1 Å². The molecule has 0 saturated carbocycles. The maximum atomic E-state index is 12.8. The third kappa shape index (κ3) is 3.34. The number of rotatable bonds is 3. The van der Waals surface area contributed by atoms with Crippen molar-refractivity contribution in [1.82, 2.24) is 19.0 Å². The first kappa shape index (κ1) is 18.1. The molecule has 2 aliphatic heterocycles. The zero-order valence-electron chi connectivity index (χ0n) is 16.5. The van der Waals surface area contributed by atoms with Gasteiger partial charge >= 0.3 is 0 Å². The van der Waals surface area contributed by atoms with E-state index in [0.29, 0.717) is 18.4 Å². The minimum atomic E-state index is 0.0683. The van der Waals surface area contributed by atoms with E-state index in [1.54, 1.807) is 36.3 Å². The van der Waals surface area contributed by atoms with Crippen molar-refractivity contribution in [2.24, 2.45) is 13.0 Å². The van der Waals surface area contributed by atoms with Crippen molar-refractivity contribution in [1.29, 1.82) is 0 Å². The number of hydrogen-bond donors (Lipinski definition) is 0. The van der Waals surface area contributed by atoms with E-state index in [4.69, 9.17) is 0 Å². The minimum absolute atomic E-state index is 0.0683. The quantitative estimate of drug-likeness (QED) is 0.690. The maximum Gasteiger partial charge on any atom is 0.254 e. The summed E-state index contributed by atoms with van der Waals surface area (Å²) in [5.74, 6) is 0.746. The first-order valence-electron chi connectivity index (χ1n) is 10.1. The van der Waals surface area contributed by atoms with Gasteiger partial charge in [-0.1, -0.05) is 12.1 Å². The van der Waals surface area contributed by atoms with Gasteiger partial charge in [0.25, 0.3) is 11.1 Å². The molecular formula is C23H24N4O2. The molecule has 2 atom stereocenters. The molecule has 0 N–H and O–H groups in total. The van der Waals surface area contributed by atoms with Crippen LogP contribution >= 0.6 is 0 Å². The molecule has 3 aromatic rings. The highest BCUT2D eigenvalue weighted by Gasteiger charge is 2.35. The summed E-state index contributed by atoms with van der Waals surface area (Å²) in [5, 5.41) is 0. The lowest BCUT2D eigenvalue weighted by Gasteiger charge is -2.43.